The molecule has 0 spiro atoms. The molecule has 0 aromatic carbocycles. The van der Waals surface area contributed by atoms with Crippen LogP contribution >= 0.6 is 0 Å². The second-order valence-corrected chi connectivity index (χ2v) is 2.72. The molecule has 1 aromatic rings. The average Bonchev–Trinajstić information content (AvgIpc) is 2.20. The Labute approximate surface area is 81.4 Å². The van der Waals surface area contributed by atoms with E-state index in [1.807, 2.05) is 0 Å². The Morgan fingerprint density at radius 2 is 2.21 bits per heavy atom. The van der Waals surface area contributed by atoms with Gasteiger partial charge in [0.25, 0.3) is 5.56 Å². The van der Waals surface area contributed by atoms with Gasteiger partial charge in [-0.3, -0.25) is 4.79 Å². The Kier molecular flexibility index (Phi) is 3.23. The van der Waals surface area contributed by atoms with Gasteiger partial charge >= 0.3 is 5.97 Å². The van der Waals surface area contributed by atoms with Gasteiger partial charge in [0.2, 0.25) is 0 Å². The van der Waals surface area contributed by atoms with E-state index in [-0.39, 0.29) is 5.56 Å². The maximum absolute atomic E-state index is 11.2. The minimum absolute atomic E-state index is 0.371. The van der Waals surface area contributed by atoms with Crippen molar-refractivity contribution in [2.24, 2.45) is 0 Å². The van der Waals surface area contributed by atoms with Crippen molar-refractivity contribution in [3.63, 3.8) is 0 Å². The van der Waals surface area contributed by atoms with Crippen molar-refractivity contribution in [3.8, 4) is 0 Å². The zero-order valence-electron chi connectivity index (χ0n) is 8.06. The molecule has 74 valence electrons. The lowest BCUT2D eigenvalue weighted by Gasteiger charge is -2.04. The predicted molar refractivity (Wildman–Crippen MR) is 51.7 cm³/mol. The lowest BCUT2D eigenvalue weighted by molar-refractivity contribution is -0.139. The molecule has 0 unspecified atom stereocenters. The number of pyridine rings is 1. The van der Waals surface area contributed by atoms with E-state index in [0.717, 1.165) is 4.73 Å². The standard InChI is InChI=1S/C10H11NO3/c1-3-8(2)10(13)14-11-7-5-4-6-9(11)12/h3-7H,1-2H3. The molecule has 0 N–H and O–H groups in total. The van der Waals surface area contributed by atoms with Gasteiger partial charge in [0.15, 0.2) is 0 Å². The van der Waals surface area contributed by atoms with Gasteiger partial charge in [-0.1, -0.05) is 12.1 Å². The SMILES string of the molecule is CC=C(C)C(=O)On1ccccc1=O. The molecule has 4 nitrogen and oxygen atoms in total. The Bertz CT molecular complexity index is 417. The fourth-order valence-corrected chi connectivity index (χ4v) is 0.767. The van der Waals surface area contributed by atoms with Crippen LogP contribution in [-0.4, -0.2) is 10.7 Å². The molecule has 14 heavy (non-hydrogen) atoms. The zero-order valence-corrected chi connectivity index (χ0v) is 8.06. The third-order valence-corrected chi connectivity index (χ3v) is 1.72. The van der Waals surface area contributed by atoms with Crippen LogP contribution in [-0.2, 0) is 4.79 Å². The van der Waals surface area contributed by atoms with Gasteiger partial charge in [0.05, 0.1) is 0 Å². The Morgan fingerprint density at radius 3 is 2.79 bits per heavy atom. The molecule has 0 fully saturated rings. The molecule has 1 heterocycles. The highest BCUT2D eigenvalue weighted by Crippen LogP contribution is 1.92. The molecule has 0 aliphatic heterocycles. The van der Waals surface area contributed by atoms with Crippen LogP contribution in [0.25, 0.3) is 0 Å². The number of carbonyl (C=O) groups is 1. The zero-order chi connectivity index (χ0) is 10.6. The van der Waals surface area contributed by atoms with E-state index < -0.39 is 5.97 Å². The topological polar surface area (TPSA) is 48.3 Å². The van der Waals surface area contributed by atoms with Crippen LogP contribution in [0.15, 0.2) is 40.8 Å². The van der Waals surface area contributed by atoms with Gasteiger partial charge in [-0.05, 0) is 19.9 Å². The molecule has 0 aliphatic rings. The van der Waals surface area contributed by atoms with Crippen LogP contribution in [0.2, 0.25) is 0 Å². The second-order valence-electron chi connectivity index (χ2n) is 2.72. The van der Waals surface area contributed by atoms with Crippen LogP contribution in [0, 0.1) is 0 Å². The fraction of sp³-hybridized carbons (Fsp3) is 0.200. The maximum atomic E-state index is 11.2. The molecule has 0 radical (unpaired) electrons. The number of aromatic nitrogens is 1. The predicted octanol–water partition coefficient (Wildman–Crippen LogP) is 0.770. The molecule has 0 aliphatic carbocycles. The molecule has 0 atom stereocenters. The normalized spacial score (nSPS) is 11.1. The lowest BCUT2D eigenvalue weighted by atomic mass is 10.3. The van der Waals surface area contributed by atoms with Crippen molar-refractivity contribution in [3.05, 3.63) is 46.4 Å². The summed E-state index contributed by atoms with van der Waals surface area (Å²) < 4.78 is 0.898. The summed E-state index contributed by atoms with van der Waals surface area (Å²) in [6.07, 6.45) is 3.01. The van der Waals surface area contributed by atoms with Gasteiger partial charge in [0.1, 0.15) is 0 Å². The van der Waals surface area contributed by atoms with Gasteiger partial charge in [-0.2, -0.15) is 0 Å². The van der Waals surface area contributed by atoms with Crippen LogP contribution in [0.3, 0.4) is 0 Å². The number of rotatable bonds is 2. The Morgan fingerprint density at radius 1 is 1.50 bits per heavy atom. The van der Waals surface area contributed by atoms with Crippen molar-refractivity contribution in [2.45, 2.75) is 13.8 Å². The smallest absolute Gasteiger partial charge is 0.328 e. The summed E-state index contributed by atoms with van der Waals surface area (Å²) in [5, 5.41) is 0. The van der Waals surface area contributed by atoms with E-state index in [1.54, 1.807) is 32.1 Å². The van der Waals surface area contributed by atoms with E-state index in [4.69, 9.17) is 4.84 Å². The Balaban J connectivity index is 2.86. The third kappa shape index (κ3) is 2.32. The minimum Gasteiger partial charge on any atom is -0.328 e. The van der Waals surface area contributed by atoms with E-state index in [0.29, 0.717) is 5.57 Å². The van der Waals surface area contributed by atoms with Crippen LogP contribution in [0.5, 0.6) is 0 Å². The molecule has 1 rings (SSSR count). The largest absolute Gasteiger partial charge is 0.359 e. The molecular weight excluding hydrogens is 182 g/mol. The van der Waals surface area contributed by atoms with E-state index in [2.05, 4.69) is 0 Å². The first-order chi connectivity index (χ1) is 6.65. The number of hydrogen-bond donors (Lipinski definition) is 0. The number of nitrogens with zero attached hydrogens (tertiary/aromatic N) is 1. The molecule has 0 saturated carbocycles. The summed E-state index contributed by atoms with van der Waals surface area (Å²) in [4.78, 5) is 27.2. The van der Waals surface area contributed by atoms with Crippen molar-refractivity contribution >= 4 is 5.97 Å². The van der Waals surface area contributed by atoms with Gasteiger partial charge in [-0.25, -0.2) is 4.79 Å². The lowest BCUT2D eigenvalue weighted by Crippen LogP contribution is -2.29. The molecule has 1 aromatic heterocycles. The first kappa shape index (κ1) is 10.2. The monoisotopic (exact) mass is 193 g/mol. The quantitative estimate of drug-likeness (QED) is 0.652. The number of carbonyl (C=O) groups excluding carboxylic acids is 1. The van der Waals surface area contributed by atoms with Crippen LogP contribution in [0.1, 0.15) is 13.8 Å². The summed E-state index contributed by atoms with van der Waals surface area (Å²) in [5.74, 6) is -0.527. The van der Waals surface area contributed by atoms with Gasteiger partial charge < -0.3 is 4.84 Å². The number of hydrogen-bond acceptors (Lipinski definition) is 3. The first-order valence-corrected chi connectivity index (χ1v) is 4.18. The molecular formula is C10H11NO3. The highest BCUT2D eigenvalue weighted by Gasteiger charge is 2.06. The van der Waals surface area contributed by atoms with Crippen molar-refractivity contribution in [1.82, 2.24) is 4.73 Å². The highest BCUT2D eigenvalue weighted by molar-refractivity contribution is 5.87. The van der Waals surface area contributed by atoms with Crippen molar-refractivity contribution in [1.29, 1.82) is 0 Å². The summed E-state index contributed by atoms with van der Waals surface area (Å²) >= 11 is 0. The third-order valence-electron chi connectivity index (χ3n) is 1.72. The fourth-order valence-electron chi connectivity index (χ4n) is 0.767. The average molecular weight is 193 g/mol. The maximum Gasteiger partial charge on any atom is 0.359 e. The summed E-state index contributed by atoms with van der Waals surface area (Å²) in [7, 11) is 0. The van der Waals surface area contributed by atoms with Gasteiger partial charge in [-0.15, -0.1) is 4.73 Å². The first-order valence-electron chi connectivity index (χ1n) is 4.18. The molecule has 0 saturated heterocycles. The highest BCUT2D eigenvalue weighted by atomic mass is 16.7. The van der Waals surface area contributed by atoms with Crippen molar-refractivity contribution < 1.29 is 9.63 Å². The van der Waals surface area contributed by atoms with E-state index >= 15 is 0 Å². The van der Waals surface area contributed by atoms with E-state index in [1.165, 1.54) is 12.3 Å². The minimum atomic E-state index is -0.527. The molecule has 0 amide bonds. The van der Waals surface area contributed by atoms with Crippen molar-refractivity contribution in [2.75, 3.05) is 0 Å². The van der Waals surface area contributed by atoms with Crippen LogP contribution < -0.4 is 10.4 Å². The molecule has 4 heteroatoms. The van der Waals surface area contributed by atoms with Crippen LogP contribution in [0.4, 0.5) is 0 Å². The van der Waals surface area contributed by atoms with Gasteiger partial charge in [0, 0.05) is 17.8 Å². The van der Waals surface area contributed by atoms with E-state index in [9.17, 15) is 9.59 Å². The summed E-state index contributed by atoms with van der Waals surface area (Å²) in [5.41, 5.74) is 0.0884. The summed E-state index contributed by atoms with van der Waals surface area (Å²) in [6.45, 7) is 3.35. The number of allylic oxidation sites excluding steroid dienone is 1. The summed E-state index contributed by atoms with van der Waals surface area (Å²) in [6, 6.07) is 4.51. The molecule has 0 bridgehead atoms. The second kappa shape index (κ2) is 4.41. The Hall–Kier alpha value is -1.84.